The maximum Gasteiger partial charge on any atom is 0.382 e. The van der Waals surface area contributed by atoms with Crippen LogP contribution in [-0.4, -0.2) is 23.2 Å². The first-order chi connectivity index (χ1) is 4.47. The molecule has 2 nitrogen and oxygen atoms in total. The van der Waals surface area contributed by atoms with E-state index < -0.39 is 23.2 Å². The molecule has 1 atom stereocenters. The van der Waals surface area contributed by atoms with Crippen LogP contribution in [0.15, 0.2) is 0 Å². The van der Waals surface area contributed by atoms with Crippen LogP contribution in [0.5, 0.6) is 0 Å². The summed E-state index contributed by atoms with van der Waals surface area (Å²) in [5.74, 6) is 0. The summed E-state index contributed by atoms with van der Waals surface area (Å²) in [5, 5.41) is 0. The Morgan fingerprint density at radius 1 is 1.50 bits per heavy atom. The zero-order chi connectivity index (χ0) is 7.83. The van der Waals surface area contributed by atoms with Crippen LogP contribution in [0.2, 0.25) is 0 Å². The Bertz CT molecular complexity index is 142. The van der Waals surface area contributed by atoms with Crippen LogP contribution in [-0.2, 0) is 9.47 Å². The van der Waals surface area contributed by atoms with Gasteiger partial charge >= 0.3 is 6.11 Å². The first kappa shape index (κ1) is 8.54. The number of hydrogen-bond acceptors (Lipinski definition) is 2. The molecular weight excluding hydrogens is 264 g/mol. The molecule has 0 aromatic rings. The molecule has 0 aromatic carbocycles. The van der Waals surface area contributed by atoms with Gasteiger partial charge in [0.25, 0.3) is 3.79 Å². The normalized spacial score (nSPS) is 38.4. The SMILES string of the molecule is FCC1(I)OCC(F)(F)O1. The minimum Gasteiger partial charge on any atom is -0.330 e. The van der Waals surface area contributed by atoms with Crippen molar-refractivity contribution in [1.82, 2.24) is 0 Å². The Kier molecular flexibility index (Phi) is 2.12. The zero-order valence-electron chi connectivity index (χ0n) is 4.74. The van der Waals surface area contributed by atoms with Crippen molar-refractivity contribution in [3.63, 3.8) is 0 Å². The molecule has 0 saturated carbocycles. The van der Waals surface area contributed by atoms with E-state index in [9.17, 15) is 13.2 Å². The van der Waals surface area contributed by atoms with Crippen LogP contribution >= 0.6 is 22.6 Å². The van der Waals surface area contributed by atoms with E-state index in [1.807, 2.05) is 0 Å². The molecule has 0 radical (unpaired) electrons. The quantitative estimate of drug-likeness (QED) is 0.532. The van der Waals surface area contributed by atoms with Crippen molar-refractivity contribution < 1.29 is 22.6 Å². The molecule has 1 rings (SSSR count). The molecule has 0 aliphatic carbocycles. The van der Waals surface area contributed by atoms with E-state index in [-0.39, 0.29) is 0 Å². The van der Waals surface area contributed by atoms with Gasteiger partial charge in [-0.1, -0.05) is 0 Å². The Morgan fingerprint density at radius 2 is 2.10 bits per heavy atom. The Morgan fingerprint density at radius 3 is 2.30 bits per heavy atom. The van der Waals surface area contributed by atoms with Crippen LogP contribution < -0.4 is 0 Å². The van der Waals surface area contributed by atoms with Crippen molar-refractivity contribution >= 4 is 22.6 Å². The third-order valence-electron chi connectivity index (χ3n) is 0.917. The van der Waals surface area contributed by atoms with E-state index in [0.29, 0.717) is 0 Å². The van der Waals surface area contributed by atoms with Crippen molar-refractivity contribution in [2.45, 2.75) is 9.90 Å². The topological polar surface area (TPSA) is 18.5 Å². The Hall–Kier alpha value is 0.440. The van der Waals surface area contributed by atoms with Gasteiger partial charge in [-0.25, -0.2) is 4.39 Å². The van der Waals surface area contributed by atoms with Gasteiger partial charge in [-0.3, -0.25) is 4.74 Å². The predicted octanol–water partition coefficient (Wildman–Crippen LogP) is 1.68. The van der Waals surface area contributed by atoms with Crippen LogP contribution in [0, 0.1) is 0 Å². The summed E-state index contributed by atoms with van der Waals surface area (Å²) in [4.78, 5) is 0. The number of ether oxygens (including phenoxy) is 2. The molecular formula is C4H4F3IO2. The van der Waals surface area contributed by atoms with Crippen molar-refractivity contribution in [3.05, 3.63) is 0 Å². The maximum atomic E-state index is 12.1. The minimum absolute atomic E-state index is 0.875. The number of rotatable bonds is 1. The third kappa shape index (κ3) is 1.73. The lowest BCUT2D eigenvalue weighted by Crippen LogP contribution is -2.27. The number of alkyl halides is 4. The molecule has 60 valence electrons. The highest BCUT2D eigenvalue weighted by Gasteiger charge is 2.50. The molecule has 1 aliphatic rings. The molecule has 10 heavy (non-hydrogen) atoms. The molecule has 0 spiro atoms. The minimum atomic E-state index is -3.34. The molecule has 0 bridgehead atoms. The average Bonchev–Trinajstić information content (AvgIpc) is 2.08. The highest BCUT2D eigenvalue weighted by molar-refractivity contribution is 14.1. The van der Waals surface area contributed by atoms with Gasteiger partial charge in [-0.2, -0.15) is 8.78 Å². The van der Waals surface area contributed by atoms with Gasteiger partial charge in [-0.15, -0.1) is 0 Å². The summed E-state index contributed by atoms with van der Waals surface area (Å²) >= 11 is 1.35. The highest BCUT2D eigenvalue weighted by Crippen LogP contribution is 2.38. The van der Waals surface area contributed by atoms with E-state index in [1.165, 1.54) is 22.6 Å². The zero-order valence-corrected chi connectivity index (χ0v) is 6.90. The van der Waals surface area contributed by atoms with Gasteiger partial charge in [0.2, 0.25) is 0 Å². The standard InChI is InChI=1S/C4H4F3IO2/c5-1-4(8)9-2-3(6,7)10-4/h1-2H2. The molecule has 1 heterocycles. The summed E-state index contributed by atoms with van der Waals surface area (Å²) < 4.78 is 42.6. The molecule has 1 saturated heterocycles. The largest absolute Gasteiger partial charge is 0.382 e. The van der Waals surface area contributed by atoms with Gasteiger partial charge in [0.15, 0.2) is 6.67 Å². The van der Waals surface area contributed by atoms with Crippen LogP contribution in [0.3, 0.4) is 0 Å². The summed E-state index contributed by atoms with van der Waals surface area (Å²) in [6.07, 6.45) is -3.34. The monoisotopic (exact) mass is 268 g/mol. The first-order valence-electron chi connectivity index (χ1n) is 2.44. The summed E-state index contributed by atoms with van der Waals surface area (Å²) in [6.45, 7) is -1.96. The Labute approximate surface area is 68.8 Å². The predicted molar refractivity (Wildman–Crippen MR) is 34.7 cm³/mol. The smallest absolute Gasteiger partial charge is 0.330 e. The molecule has 1 unspecified atom stereocenters. The lowest BCUT2D eigenvalue weighted by atomic mass is 10.7. The van der Waals surface area contributed by atoms with E-state index in [1.54, 1.807) is 0 Å². The van der Waals surface area contributed by atoms with E-state index in [4.69, 9.17) is 0 Å². The second-order valence-corrected chi connectivity index (χ2v) is 3.47. The molecule has 0 aromatic heterocycles. The second kappa shape index (κ2) is 2.49. The fourth-order valence-corrected chi connectivity index (χ4v) is 1.02. The van der Waals surface area contributed by atoms with Crippen LogP contribution in [0.25, 0.3) is 0 Å². The molecule has 1 fully saturated rings. The summed E-state index contributed by atoms with van der Waals surface area (Å²) in [7, 11) is 0. The van der Waals surface area contributed by atoms with Crippen molar-refractivity contribution in [3.8, 4) is 0 Å². The van der Waals surface area contributed by atoms with Gasteiger partial charge in [-0.05, 0) is 22.6 Å². The molecule has 0 N–H and O–H groups in total. The van der Waals surface area contributed by atoms with Gasteiger partial charge in [0.1, 0.15) is 6.61 Å². The first-order valence-corrected chi connectivity index (χ1v) is 3.52. The average molecular weight is 268 g/mol. The van der Waals surface area contributed by atoms with Crippen molar-refractivity contribution in [1.29, 1.82) is 0 Å². The highest BCUT2D eigenvalue weighted by atomic mass is 127. The molecule has 0 amide bonds. The van der Waals surface area contributed by atoms with Gasteiger partial charge in [0.05, 0.1) is 0 Å². The second-order valence-electron chi connectivity index (χ2n) is 1.82. The van der Waals surface area contributed by atoms with E-state index >= 15 is 0 Å². The summed E-state index contributed by atoms with van der Waals surface area (Å²) in [6, 6.07) is 0. The van der Waals surface area contributed by atoms with E-state index in [0.717, 1.165) is 0 Å². The molecule has 6 heteroatoms. The lowest BCUT2D eigenvalue weighted by Gasteiger charge is -2.15. The van der Waals surface area contributed by atoms with Crippen molar-refractivity contribution in [2.75, 3.05) is 13.3 Å². The van der Waals surface area contributed by atoms with Gasteiger partial charge < -0.3 is 4.74 Å². The van der Waals surface area contributed by atoms with Gasteiger partial charge in [0, 0.05) is 0 Å². The number of hydrogen-bond donors (Lipinski definition) is 0. The fourth-order valence-electron chi connectivity index (χ4n) is 0.540. The van der Waals surface area contributed by atoms with Crippen LogP contribution in [0.4, 0.5) is 13.2 Å². The number of halogens is 4. The summed E-state index contributed by atoms with van der Waals surface area (Å²) in [5.41, 5.74) is 0. The lowest BCUT2D eigenvalue weighted by molar-refractivity contribution is -0.230. The van der Waals surface area contributed by atoms with Crippen molar-refractivity contribution in [2.24, 2.45) is 0 Å². The fraction of sp³-hybridized carbons (Fsp3) is 1.00. The third-order valence-corrected chi connectivity index (χ3v) is 1.74. The van der Waals surface area contributed by atoms with Crippen LogP contribution in [0.1, 0.15) is 0 Å². The van der Waals surface area contributed by atoms with E-state index in [2.05, 4.69) is 9.47 Å². The maximum absolute atomic E-state index is 12.1. The molecule has 1 aliphatic heterocycles. The Balaban J connectivity index is 2.57.